The smallest absolute Gasteiger partial charge is 0.251 e. The normalized spacial score (nSPS) is 16.2. The number of benzene rings is 1. The molecule has 1 unspecified atom stereocenters. The Morgan fingerprint density at radius 1 is 1.50 bits per heavy atom. The number of amides is 1. The first-order chi connectivity index (χ1) is 8.58. The fourth-order valence-electron chi connectivity index (χ4n) is 1.93. The summed E-state index contributed by atoms with van der Waals surface area (Å²) < 4.78 is 0. The van der Waals surface area contributed by atoms with Gasteiger partial charge in [-0.25, -0.2) is 0 Å². The Labute approximate surface area is 108 Å². The van der Waals surface area contributed by atoms with Gasteiger partial charge < -0.3 is 16.0 Å². The molecular formula is C14H21N3O. The predicted octanol–water partition coefficient (Wildman–Crippen LogP) is 1.22. The molecule has 0 aromatic heterocycles. The van der Waals surface area contributed by atoms with Crippen molar-refractivity contribution in [3.63, 3.8) is 0 Å². The van der Waals surface area contributed by atoms with Crippen LogP contribution in [0.25, 0.3) is 0 Å². The SMILES string of the molecule is CN(C)c1cccc(C(=O)NCC(N)C2CC2)c1. The van der Waals surface area contributed by atoms with E-state index in [1.807, 2.05) is 43.3 Å². The van der Waals surface area contributed by atoms with Crippen LogP contribution in [0.15, 0.2) is 24.3 Å². The summed E-state index contributed by atoms with van der Waals surface area (Å²) in [6.45, 7) is 0.565. The molecule has 98 valence electrons. The zero-order valence-corrected chi connectivity index (χ0v) is 11.0. The highest BCUT2D eigenvalue weighted by Gasteiger charge is 2.28. The average molecular weight is 247 g/mol. The molecule has 1 amide bonds. The van der Waals surface area contributed by atoms with E-state index in [0.717, 1.165) is 5.69 Å². The van der Waals surface area contributed by atoms with Crippen LogP contribution in [-0.2, 0) is 0 Å². The van der Waals surface area contributed by atoms with E-state index in [1.54, 1.807) is 0 Å². The van der Waals surface area contributed by atoms with Gasteiger partial charge in [0.05, 0.1) is 0 Å². The van der Waals surface area contributed by atoms with Gasteiger partial charge in [-0.2, -0.15) is 0 Å². The quantitative estimate of drug-likeness (QED) is 0.822. The number of carbonyl (C=O) groups excluding carboxylic acids is 1. The maximum atomic E-state index is 12.0. The number of carbonyl (C=O) groups is 1. The third-order valence-corrected chi connectivity index (χ3v) is 3.35. The molecule has 1 aromatic rings. The highest BCUT2D eigenvalue weighted by Crippen LogP contribution is 2.31. The van der Waals surface area contributed by atoms with Crippen molar-refractivity contribution < 1.29 is 4.79 Å². The Balaban J connectivity index is 1.93. The molecule has 1 atom stereocenters. The molecule has 0 bridgehead atoms. The zero-order chi connectivity index (χ0) is 13.1. The molecule has 1 fully saturated rings. The zero-order valence-electron chi connectivity index (χ0n) is 11.0. The van der Waals surface area contributed by atoms with Crippen LogP contribution >= 0.6 is 0 Å². The third-order valence-electron chi connectivity index (χ3n) is 3.35. The number of hydrogen-bond donors (Lipinski definition) is 2. The van der Waals surface area contributed by atoms with E-state index in [0.29, 0.717) is 18.0 Å². The van der Waals surface area contributed by atoms with Gasteiger partial charge in [0, 0.05) is 37.9 Å². The van der Waals surface area contributed by atoms with Gasteiger partial charge >= 0.3 is 0 Å². The lowest BCUT2D eigenvalue weighted by molar-refractivity contribution is 0.0950. The Morgan fingerprint density at radius 3 is 2.83 bits per heavy atom. The van der Waals surface area contributed by atoms with Gasteiger partial charge in [0.2, 0.25) is 0 Å². The molecule has 4 heteroatoms. The molecule has 1 aliphatic carbocycles. The molecule has 3 N–H and O–H groups in total. The summed E-state index contributed by atoms with van der Waals surface area (Å²) in [6, 6.07) is 7.69. The van der Waals surface area contributed by atoms with Gasteiger partial charge in [-0.3, -0.25) is 4.79 Å². The molecule has 2 rings (SSSR count). The monoisotopic (exact) mass is 247 g/mol. The molecule has 0 saturated heterocycles. The van der Waals surface area contributed by atoms with Gasteiger partial charge in [0.1, 0.15) is 0 Å². The molecule has 1 aromatic carbocycles. The average Bonchev–Trinajstić information content (AvgIpc) is 3.20. The van der Waals surface area contributed by atoms with Gasteiger partial charge in [-0.1, -0.05) is 6.07 Å². The summed E-state index contributed by atoms with van der Waals surface area (Å²) in [5.41, 5.74) is 7.67. The third kappa shape index (κ3) is 3.23. The van der Waals surface area contributed by atoms with E-state index in [1.165, 1.54) is 12.8 Å². The van der Waals surface area contributed by atoms with Crippen LogP contribution in [-0.4, -0.2) is 32.6 Å². The highest BCUT2D eigenvalue weighted by atomic mass is 16.1. The van der Waals surface area contributed by atoms with E-state index in [9.17, 15) is 4.79 Å². The largest absolute Gasteiger partial charge is 0.378 e. The molecule has 4 nitrogen and oxygen atoms in total. The minimum atomic E-state index is -0.0465. The van der Waals surface area contributed by atoms with Crippen LogP contribution in [0.3, 0.4) is 0 Å². The standard InChI is InChI=1S/C14H21N3O/c1-17(2)12-5-3-4-11(8-12)14(18)16-9-13(15)10-6-7-10/h3-5,8,10,13H,6-7,9,15H2,1-2H3,(H,16,18). The number of nitrogens with two attached hydrogens (primary N) is 1. The molecule has 0 heterocycles. The topological polar surface area (TPSA) is 58.4 Å². The van der Waals surface area contributed by atoms with E-state index >= 15 is 0 Å². The maximum Gasteiger partial charge on any atom is 0.251 e. The molecule has 0 spiro atoms. The Bertz CT molecular complexity index is 427. The van der Waals surface area contributed by atoms with Crippen molar-refractivity contribution >= 4 is 11.6 Å². The van der Waals surface area contributed by atoms with Crippen molar-refractivity contribution in [3.05, 3.63) is 29.8 Å². The first kappa shape index (κ1) is 12.9. The summed E-state index contributed by atoms with van der Waals surface area (Å²) >= 11 is 0. The Morgan fingerprint density at radius 2 is 2.22 bits per heavy atom. The number of hydrogen-bond acceptors (Lipinski definition) is 3. The van der Waals surface area contributed by atoms with Crippen LogP contribution in [0.1, 0.15) is 23.2 Å². The molecule has 18 heavy (non-hydrogen) atoms. The van der Waals surface area contributed by atoms with E-state index < -0.39 is 0 Å². The number of rotatable bonds is 5. The van der Waals surface area contributed by atoms with Crippen molar-refractivity contribution in [2.45, 2.75) is 18.9 Å². The summed E-state index contributed by atoms with van der Waals surface area (Å²) in [7, 11) is 3.92. The minimum Gasteiger partial charge on any atom is -0.378 e. The molecule has 1 saturated carbocycles. The lowest BCUT2D eigenvalue weighted by atomic mass is 10.1. The number of anilines is 1. The summed E-state index contributed by atoms with van der Waals surface area (Å²) in [5.74, 6) is 0.563. The molecule has 1 aliphatic rings. The molecule has 0 aliphatic heterocycles. The lowest BCUT2D eigenvalue weighted by Gasteiger charge is -2.14. The van der Waals surface area contributed by atoms with Crippen LogP contribution in [0.5, 0.6) is 0 Å². The van der Waals surface area contributed by atoms with Crippen molar-refractivity contribution in [2.24, 2.45) is 11.7 Å². The van der Waals surface area contributed by atoms with Crippen molar-refractivity contribution in [1.29, 1.82) is 0 Å². The Hall–Kier alpha value is -1.55. The summed E-state index contributed by atoms with van der Waals surface area (Å²) in [4.78, 5) is 14.0. The van der Waals surface area contributed by atoms with E-state index in [-0.39, 0.29) is 11.9 Å². The fourth-order valence-corrected chi connectivity index (χ4v) is 1.93. The van der Waals surface area contributed by atoms with Gasteiger partial charge in [-0.15, -0.1) is 0 Å². The predicted molar refractivity (Wildman–Crippen MR) is 73.8 cm³/mol. The second-order valence-corrected chi connectivity index (χ2v) is 5.16. The van der Waals surface area contributed by atoms with E-state index in [2.05, 4.69) is 5.32 Å². The lowest BCUT2D eigenvalue weighted by Crippen LogP contribution is -2.38. The highest BCUT2D eigenvalue weighted by molar-refractivity contribution is 5.95. The number of nitrogens with one attached hydrogen (secondary N) is 1. The van der Waals surface area contributed by atoms with Crippen molar-refractivity contribution in [3.8, 4) is 0 Å². The van der Waals surface area contributed by atoms with Crippen LogP contribution < -0.4 is 16.0 Å². The minimum absolute atomic E-state index is 0.0465. The van der Waals surface area contributed by atoms with Gasteiger partial charge in [-0.05, 0) is 37.0 Å². The van der Waals surface area contributed by atoms with Crippen LogP contribution in [0.2, 0.25) is 0 Å². The first-order valence-electron chi connectivity index (χ1n) is 6.39. The molecular weight excluding hydrogens is 226 g/mol. The second kappa shape index (κ2) is 5.40. The van der Waals surface area contributed by atoms with Crippen LogP contribution in [0.4, 0.5) is 5.69 Å². The van der Waals surface area contributed by atoms with Gasteiger partial charge in [0.15, 0.2) is 0 Å². The Kier molecular flexibility index (Phi) is 3.87. The second-order valence-electron chi connectivity index (χ2n) is 5.16. The first-order valence-corrected chi connectivity index (χ1v) is 6.39. The summed E-state index contributed by atoms with van der Waals surface area (Å²) in [5, 5.41) is 2.90. The summed E-state index contributed by atoms with van der Waals surface area (Å²) in [6.07, 6.45) is 2.40. The number of nitrogens with zero attached hydrogens (tertiary/aromatic N) is 1. The van der Waals surface area contributed by atoms with E-state index in [4.69, 9.17) is 5.73 Å². The maximum absolute atomic E-state index is 12.0. The fraction of sp³-hybridized carbons (Fsp3) is 0.500. The van der Waals surface area contributed by atoms with Crippen molar-refractivity contribution in [1.82, 2.24) is 5.32 Å². The van der Waals surface area contributed by atoms with Crippen LogP contribution in [0, 0.1) is 5.92 Å². The molecule has 0 radical (unpaired) electrons. The van der Waals surface area contributed by atoms with Crippen molar-refractivity contribution in [2.75, 3.05) is 25.5 Å². The van der Waals surface area contributed by atoms with Gasteiger partial charge in [0.25, 0.3) is 5.91 Å².